The molecule has 0 fully saturated rings. The molecule has 3 N–H and O–H groups in total. The van der Waals surface area contributed by atoms with Gasteiger partial charge in [0.1, 0.15) is 11.5 Å². The maximum atomic E-state index is 11.8. The van der Waals surface area contributed by atoms with Gasteiger partial charge in [0, 0.05) is 16.5 Å². The van der Waals surface area contributed by atoms with Gasteiger partial charge in [-0.05, 0) is 24.3 Å². The summed E-state index contributed by atoms with van der Waals surface area (Å²) in [6, 6.07) is 7.32. The van der Waals surface area contributed by atoms with Crippen molar-refractivity contribution in [2.75, 3.05) is 0 Å². The molecule has 1 amide bonds. The lowest BCUT2D eigenvalue weighted by Gasteiger charge is -2.05. The highest BCUT2D eigenvalue weighted by Gasteiger charge is 2.08. The van der Waals surface area contributed by atoms with Crippen molar-refractivity contribution in [1.29, 1.82) is 0 Å². The molecule has 2 aromatic rings. The lowest BCUT2D eigenvalue weighted by Crippen LogP contribution is -2.22. The number of carbonyl (C=O) groups is 1. The van der Waals surface area contributed by atoms with Crippen LogP contribution >= 0.6 is 22.9 Å². The van der Waals surface area contributed by atoms with E-state index in [-0.39, 0.29) is 23.0 Å². The summed E-state index contributed by atoms with van der Waals surface area (Å²) in [5, 5.41) is 21.2. The molecule has 2 rings (SSSR count). The molecule has 94 valence electrons. The van der Waals surface area contributed by atoms with Crippen LogP contribution in [-0.2, 0) is 6.54 Å². The van der Waals surface area contributed by atoms with Crippen LogP contribution in [0.3, 0.4) is 0 Å². The van der Waals surface area contributed by atoms with E-state index in [4.69, 9.17) is 11.6 Å². The predicted molar refractivity (Wildman–Crippen MR) is 70.3 cm³/mol. The van der Waals surface area contributed by atoms with E-state index in [1.165, 1.54) is 23.5 Å². The molecule has 1 aromatic carbocycles. The minimum absolute atomic E-state index is 0.153. The lowest BCUT2D eigenvalue weighted by molar-refractivity contribution is 0.0950. The molecule has 4 nitrogen and oxygen atoms in total. The van der Waals surface area contributed by atoms with Crippen LogP contribution in [0.2, 0.25) is 4.34 Å². The molecular weight excluding hydrogens is 274 g/mol. The van der Waals surface area contributed by atoms with Crippen LogP contribution in [0, 0.1) is 0 Å². The Hall–Kier alpha value is -1.72. The first-order valence-electron chi connectivity index (χ1n) is 5.10. The standard InChI is InChI=1S/C12H10ClNO3S/c13-11-2-1-10(18-11)6-14-12(17)7-3-8(15)5-9(16)4-7/h1-5,15-16H,6H2,(H,14,17). The molecular formula is C12H10ClNO3S. The van der Waals surface area contributed by atoms with Gasteiger partial charge in [-0.3, -0.25) is 4.79 Å². The largest absolute Gasteiger partial charge is 0.508 e. The van der Waals surface area contributed by atoms with Crippen molar-refractivity contribution in [3.8, 4) is 11.5 Å². The van der Waals surface area contributed by atoms with Crippen LogP contribution in [0.5, 0.6) is 11.5 Å². The Morgan fingerprint density at radius 2 is 1.89 bits per heavy atom. The van der Waals surface area contributed by atoms with E-state index in [0.717, 1.165) is 10.9 Å². The molecule has 0 unspecified atom stereocenters. The molecule has 0 aliphatic carbocycles. The summed E-state index contributed by atoms with van der Waals surface area (Å²) in [6.45, 7) is 0.354. The van der Waals surface area contributed by atoms with Crippen molar-refractivity contribution in [1.82, 2.24) is 5.32 Å². The lowest BCUT2D eigenvalue weighted by atomic mass is 10.2. The van der Waals surface area contributed by atoms with Crippen LogP contribution in [-0.4, -0.2) is 16.1 Å². The Morgan fingerprint density at radius 3 is 2.44 bits per heavy atom. The van der Waals surface area contributed by atoms with E-state index in [0.29, 0.717) is 10.9 Å². The van der Waals surface area contributed by atoms with Gasteiger partial charge in [-0.15, -0.1) is 11.3 Å². The summed E-state index contributed by atoms with van der Waals surface area (Å²) in [7, 11) is 0. The normalized spacial score (nSPS) is 10.3. The van der Waals surface area contributed by atoms with E-state index in [1.54, 1.807) is 6.07 Å². The maximum Gasteiger partial charge on any atom is 0.251 e. The number of aromatic hydroxyl groups is 2. The summed E-state index contributed by atoms with van der Waals surface area (Å²) in [6.07, 6.45) is 0. The first-order chi connectivity index (χ1) is 8.54. The van der Waals surface area contributed by atoms with Crippen molar-refractivity contribution in [2.24, 2.45) is 0 Å². The second-order valence-electron chi connectivity index (χ2n) is 3.63. The van der Waals surface area contributed by atoms with Gasteiger partial charge in [0.15, 0.2) is 0 Å². The first kappa shape index (κ1) is 12.7. The molecule has 6 heteroatoms. The zero-order chi connectivity index (χ0) is 13.1. The Kier molecular flexibility index (Phi) is 3.74. The van der Waals surface area contributed by atoms with Crippen molar-refractivity contribution in [2.45, 2.75) is 6.54 Å². The Morgan fingerprint density at radius 1 is 1.22 bits per heavy atom. The number of hydrogen-bond donors (Lipinski definition) is 3. The molecule has 0 aliphatic heterocycles. The van der Waals surface area contributed by atoms with Crippen LogP contribution in [0.25, 0.3) is 0 Å². The fourth-order valence-corrected chi connectivity index (χ4v) is 2.47. The van der Waals surface area contributed by atoms with Gasteiger partial charge in [0.25, 0.3) is 5.91 Å². The monoisotopic (exact) mass is 283 g/mol. The number of amides is 1. The van der Waals surface area contributed by atoms with Crippen LogP contribution in [0.15, 0.2) is 30.3 Å². The van der Waals surface area contributed by atoms with Crippen molar-refractivity contribution >= 4 is 28.8 Å². The number of hydrogen-bond acceptors (Lipinski definition) is 4. The van der Waals surface area contributed by atoms with Crippen LogP contribution in [0.4, 0.5) is 0 Å². The second-order valence-corrected chi connectivity index (χ2v) is 5.43. The fraction of sp³-hybridized carbons (Fsp3) is 0.0833. The van der Waals surface area contributed by atoms with E-state index >= 15 is 0 Å². The van der Waals surface area contributed by atoms with Gasteiger partial charge < -0.3 is 15.5 Å². The van der Waals surface area contributed by atoms with Crippen molar-refractivity contribution < 1.29 is 15.0 Å². The number of halogens is 1. The summed E-state index contributed by atoms with van der Waals surface area (Å²) in [5.74, 6) is -0.677. The molecule has 18 heavy (non-hydrogen) atoms. The van der Waals surface area contributed by atoms with Gasteiger partial charge in [0.05, 0.1) is 10.9 Å². The van der Waals surface area contributed by atoms with E-state index < -0.39 is 0 Å². The number of benzene rings is 1. The zero-order valence-electron chi connectivity index (χ0n) is 9.18. The molecule has 0 saturated heterocycles. The minimum Gasteiger partial charge on any atom is -0.508 e. The number of carbonyl (C=O) groups excluding carboxylic acids is 1. The maximum absolute atomic E-state index is 11.8. The molecule has 0 spiro atoms. The summed E-state index contributed by atoms with van der Waals surface area (Å²) in [5.41, 5.74) is 0.204. The van der Waals surface area contributed by atoms with Gasteiger partial charge in [0.2, 0.25) is 0 Å². The highest BCUT2D eigenvalue weighted by atomic mass is 35.5. The van der Waals surface area contributed by atoms with Gasteiger partial charge in [-0.25, -0.2) is 0 Å². The molecule has 0 bridgehead atoms. The Labute approximate surface area is 112 Å². The molecule has 0 radical (unpaired) electrons. The van der Waals surface area contributed by atoms with Crippen molar-refractivity contribution in [3.63, 3.8) is 0 Å². The number of phenolic OH excluding ortho intramolecular Hbond substituents is 2. The van der Waals surface area contributed by atoms with E-state index in [2.05, 4.69) is 5.32 Å². The molecule has 1 heterocycles. The van der Waals surface area contributed by atoms with Gasteiger partial charge in [-0.2, -0.15) is 0 Å². The van der Waals surface area contributed by atoms with Gasteiger partial charge >= 0.3 is 0 Å². The third-order valence-corrected chi connectivity index (χ3v) is 3.45. The topological polar surface area (TPSA) is 69.6 Å². The first-order valence-corrected chi connectivity index (χ1v) is 6.29. The van der Waals surface area contributed by atoms with Crippen LogP contribution < -0.4 is 5.32 Å². The average molecular weight is 284 g/mol. The SMILES string of the molecule is O=C(NCc1ccc(Cl)s1)c1cc(O)cc(O)c1. The molecule has 1 aromatic heterocycles. The summed E-state index contributed by atoms with van der Waals surface area (Å²) < 4.78 is 0.661. The smallest absolute Gasteiger partial charge is 0.251 e. The van der Waals surface area contributed by atoms with Gasteiger partial charge in [-0.1, -0.05) is 11.6 Å². The zero-order valence-corrected chi connectivity index (χ0v) is 10.8. The summed E-state index contributed by atoms with van der Waals surface area (Å²) >= 11 is 7.16. The molecule has 0 saturated carbocycles. The van der Waals surface area contributed by atoms with E-state index in [9.17, 15) is 15.0 Å². The quantitative estimate of drug-likeness (QED) is 0.811. The third-order valence-electron chi connectivity index (χ3n) is 2.22. The van der Waals surface area contributed by atoms with Crippen molar-refractivity contribution in [3.05, 3.63) is 45.1 Å². The highest BCUT2D eigenvalue weighted by Crippen LogP contribution is 2.22. The average Bonchev–Trinajstić information content (AvgIpc) is 2.70. The molecule has 0 atom stereocenters. The fourth-order valence-electron chi connectivity index (χ4n) is 1.44. The number of thiophene rings is 1. The number of rotatable bonds is 3. The molecule has 0 aliphatic rings. The highest BCUT2D eigenvalue weighted by molar-refractivity contribution is 7.16. The summed E-state index contributed by atoms with van der Waals surface area (Å²) in [4.78, 5) is 12.7. The minimum atomic E-state index is -0.370. The Bertz CT molecular complexity index is 562. The third kappa shape index (κ3) is 3.15. The predicted octanol–water partition coefficient (Wildman–Crippen LogP) is 2.74. The second kappa shape index (κ2) is 5.29. The Balaban J connectivity index is 2.03. The number of nitrogens with one attached hydrogen (secondary N) is 1. The van der Waals surface area contributed by atoms with E-state index in [1.807, 2.05) is 6.07 Å². The number of phenols is 2. The van der Waals surface area contributed by atoms with Crippen LogP contribution in [0.1, 0.15) is 15.2 Å².